The van der Waals surface area contributed by atoms with Gasteiger partial charge in [-0.25, -0.2) is 4.98 Å². The summed E-state index contributed by atoms with van der Waals surface area (Å²) in [4.78, 5) is 10.6. The number of nitrogens with zero attached hydrogens (tertiary/aromatic N) is 4. The van der Waals surface area contributed by atoms with E-state index < -0.39 is 0 Å². The third-order valence-electron chi connectivity index (χ3n) is 4.07. The first kappa shape index (κ1) is 13.4. The SMILES string of the molecule is C=C(c1cc2cnc(Cl)nc2n1C1CCCC1)N(C)C. The Morgan fingerprint density at radius 1 is 1.40 bits per heavy atom. The second-order valence-corrected chi connectivity index (χ2v) is 5.94. The van der Waals surface area contributed by atoms with Crippen molar-refractivity contribution in [3.8, 4) is 0 Å². The standard InChI is InChI=1S/C15H19ClN4/c1-10(19(2)3)13-8-11-9-17-15(16)18-14(11)20(13)12-6-4-5-7-12/h8-9,12H,1,4-7H2,2-3H3. The van der Waals surface area contributed by atoms with E-state index in [1.807, 2.05) is 19.0 Å². The largest absolute Gasteiger partial charge is 0.376 e. The van der Waals surface area contributed by atoms with E-state index in [4.69, 9.17) is 11.6 Å². The number of aromatic nitrogens is 3. The Kier molecular flexibility index (Phi) is 3.42. The first-order chi connectivity index (χ1) is 9.58. The van der Waals surface area contributed by atoms with Gasteiger partial charge < -0.3 is 9.47 Å². The molecule has 0 amide bonds. The average molecular weight is 291 g/mol. The molecule has 2 heterocycles. The Hall–Kier alpha value is -1.55. The van der Waals surface area contributed by atoms with Gasteiger partial charge in [-0.15, -0.1) is 0 Å². The fraction of sp³-hybridized carbons (Fsp3) is 0.467. The Balaban J connectivity index is 2.22. The molecule has 106 valence electrons. The molecule has 0 saturated heterocycles. The van der Waals surface area contributed by atoms with Crippen LogP contribution in [0.15, 0.2) is 18.8 Å². The normalized spacial score (nSPS) is 15.9. The molecule has 0 bridgehead atoms. The van der Waals surface area contributed by atoms with Crippen molar-refractivity contribution in [3.05, 3.63) is 29.8 Å². The van der Waals surface area contributed by atoms with Crippen LogP contribution in [0.25, 0.3) is 16.7 Å². The molecule has 0 unspecified atom stereocenters. The fourth-order valence-corrected chi connectivity index (χ4v) is 3.10. The van der Waals surface area contributed by atoms with Crippen molar-refractivity contribution in [2.24, 2.45) is 0 Å². The van der Waals surface area contributed by atoms with Crippen molar-refractivity contribution in [1.29, 1.82) is 0 Å². The maximum absolute atomic E-state index is 5.98. The van der Waals surface area contributed by atoms with Crippen LogP contribution in [0.1, 0.15) is 37.4 Å². The fourth-order valence-electron chi connectivity index (χ4n) is 2.97. The lowest BCUT2D eigenvalue weighted by atomic mass is 10.2. The zero-order chi connectivity index (χ0) is 14.3. The molecular weight excluding hydrogens is 272 g/mol. The molecule has 0 aromatic carbocycles. The van der Waals surface area contributed by atoms with Crippen LogP contribution in [-0.4, -0.2) is 33.5 Å². The number of halogens is 1. The van der Waals surface area contributed by atoms with Gasteiger partial charge in [0.1, 0.15) is 5.65 Å². The van der Waals surface area contributed by atoms with E-state index in [0.717, 1.165) is 22.4 Å². The third-order valence-corrected chi connectivity index (χ3v) is 4.25. The number of fused-ring (bicyclic) bond motifs is 1. The predicted molar refractivity (Wildman–Crippen MR) is 82.8 cm³/mol. The summed E-state index contributed by atoms with van der Waals surface area (Å²) in [5, 5.41) is 1.33. The highest BCUT2D eigenvalue weighted by Gasteiger charge is 2.24. The lowest BCUT2D eigenvalue weighted by Crippen LogP contribution is -2.15. The van der Waals surface area contributed by atoms with E-state index in [9.17, 15) is 0 Å². The van der Waals surface area contributed by atoms with Crippen molar-refractivity contribution < 1.29 is 0 Å². The van der Waals surface area contributed by atoms with Crippen LogP contribution >= 0.6 is 11.6 Å². The summed E-state index contributed by atoms with van der Waals surface area (Å²) in [5.74, 6) is 0. The minimum absolute atomic E-state index is 0.303. The maximum atomic E-state index is 5.98. The van der Waals surface area contributed by atoms with Crippen LogP contribution in [-0.2, 0) is 0 Å². The molecule has 2 aromatic heterocycles. The van der Waals surface area contributed by atoms with Crippen molar-refractivity contribution in [2.75, 3.05) is 14.1 Å². The lowest BCUT2D eigenvalue weighted by Gasteiger charge is -2.22. The van der Waals surface area contributed by atoms with E-state index in [-0.39, 0.29) is 0 Å². The Morgan fingerprint density at radius 3 is 2.75 bits per heavy atom. The Labute approximate surface area is 124 Å². The molecule has 2 aromatic rings. The number of hydrogen-bond acceptors (Lipinski definition) is 3. The van der Waals surface area contributed by atoms with Crippen molar-refractivity contribution >= 4 is 28.3 Å². The molecule has 5 heteroatoms. The molecule has 0 atom stereocenters. The van der Waals surface area contributed by atoms with Gasteiger partial charge in [0, 0.05) is 31.7 Å². The van der Waals surface area contributed by atoms with Crippen LogP contribution in [0.3, 0.4) is 0 Å². The van der Waals surface area contributed by atoms with Gasteiger partial charge in [0.2, 0.25) is 5.28 Å². The molecule has 0 aliphatic heterocycles. The topological polar surface area (TPSA) is 34.0 Å². The van der Waals surface area contributed by atoms with Gasteiger partial charge >= 0.3 is 0 Å². The first-order valence-electron chi connectivity index (χ1n) is 6.98. The molecule has 1 saturated carbocycles. The molecule has 1 aliphatic carbocycles. The van der Waals surface area contributed by atoms with Crippen LogP contribution in [0.2, 0.25) is 5.28 Å². The average Bonchev–Trinajstić information content (AvgIpc) is 3.03. The van der Waals surface area contributed by atoms with Crippen LogP contribution < -0.4 is 0 Å². The summed E-state index contributed by atoms with van der Waals surface area (Å²) in [6.07, 6.45) is 6.73. The lowest BCUT2D eigenvalue weighted by molar-refractivity contribution is 0.512. The van der Waals surface area contributed by atoms with Crippen molar-refractivity contribution in [3.63, 3.8) is 0 Å². The highest BCUT2D eigenvalue weighted by Crippen LogP contribution is 2.36. The first-order valence-corrected chi connectivity index (χ1v) is 7.36. The summed E-state index contributed by atoms with van der Waals surface area (Å²) in [6.45, 7) is 4.20. The van der Waals surface area contributed by atoms with Gasteiger partial charge in [0.15, 0.2) is 0 Å². The van der Waals surface area contributed by atoms with Crippen LogP contribution in [0, 0.1) is 0 Å². The second kappa shape index (κ2) is 5.09. The summed E-state index contributed by atoms with van der Waals surface area (Å²) >= 11 is 5.98. The molecule has 1 fully saturated rings. The number of hydrogen-bond donors (Lipinski definition) is 0. The molecule has 20 heavy (non-hydrogen) atoms. The third kappa shape index (κ3) is 2.18. The van der Waals surface area contributed by atoms with Gasteiger partial charge in [-0.05, 0) is 30.5 Å². The minimum atomic E-state index is 0.303. The maximum Gasteiger partial charge on any atom is 0.224 e. The highest BCUT2D eigenvalue weighted by atomic mass is 35.5. The van der Waals surface area contributed by atoms with E-state index in [2.05, 4.69) is 27.2 Å². The minimum Gasteiger partial charge on any atom is -0.376 e. The monoisotopic (exact) mass is 290 g/mol. The number of rotatable bonds is 3. The van der Waals surface area contributed by atoms with E-state index in [1.54, 1.807) is 6.20 Å². The summed E-state index contributed by atoms with van der Waals surface area (Å²) in [5.41, 5.74) is 3.04. The molecule has 4 nitrogen and oxygen atoms in total. The van der Waals surface area contributed by atoms with Gasteiger partial charge in [0.25, 0.3) is 0 Å². The zero-order valence-corrected chi connectivity index (χ0v) is 12.7. The molecular formula is C15H19ClN4. The van der Waals surface area contributed by atoms with Crippen LogP contribution in [0.4, 0.5) is 0 Å². The van der Waals surface area contributed by atoms with E-state index >= 15 is 0 Å². The zero-order valence-electron chi connectivity index (χ0n) is 11.9. The summed E-state index contributed by atoms with van der Waals surface area (Å²) in [7, 11) is 4.02. The molecule has 0 N–H and O–H groups in total. The summed E-state index contributed by atoms with van der Waals surface area (Å²) in [6, 6.07) is 2.61. The molecule has 0 spiro atoms. The van der Waals surface area contributed by atoms with Gasteiger partial charge in [0.05, 0.1) is 11.4 Å². The van der Waals surface area contributed by atoms with Gasteiger partial charge in [-0.1, -0.05) is 19.4 Å². The van der Waals surface area contributed by atoms with Crippen molar-refractivity contribution in [1.82, 2.24) is 19.4 Å². The predicted octanol–water partition coefficient (Wildman–Crippen LogP) is 3.73. The molecule has 0 radical (unpaired) electrons. The van der Waals surface area contributed by atoms with Crippen molar-refractivity contribution in [2.45, 2.75) is 31.7 Å². The quantitative estimate of drug-likeness (QED) is 0.808. The highest BCUT2D eigenvalue weighted by molar-refractivity contribution is 6.28. The smallest absolute Gasteiger partial charge is 0.224 e. The van der Waals surface area contributed by atoms with E-state index in [1.165, 1.54) is 25.7 Å². The van der Waals surface area contributed by atoms with Crippen LogP contribution in [0.5, 0.6) is 0 Å². The molecule has 1 aliphatic rings. The second-order valence-electron chi connectivity index (χ2n) is 5.60. The Morgan fingerprint density at radius 2 is 2.10 bits per heavy atom. The van der Waals surface area contributed by atoms with Gasteiger partial charge in [-0.2, -0.15) is 4.98 Å². The molecule has 3 rings (SSSR count). The van der Waals surface area contributed by atoms with E-state index in [0.29, 0.717) is 11.3 Å². The summed E-state index contributed by atoms with van der Waals surface area (Å²) < 4.78 is 2.30. The Bertz CT molecular complexity index is 653. The van der Waals surface area contributed by atoms with Gasteiger partial charge in [-0.3, -0.25) is 0 Å².